The van der Waals surface area contributed by atoms with Crippen LogP contribution < -0.4 is 5.32 Å². The second kappa shape index (κ2) is 6.06. The first-order chi connectivity index (χ1) is 13.6. The Balaban J connectivity index is 1.58. The third-order valence-electron chi connectivity index (χ3n) is 8.99. The van der Waals surface area contributed by atoms with E-state index >= 15 is 0 Å². The lowest BCUT2D eigenvalue weighted by Gasteiger charge is -2.55. The lowest BCUT2D eigenvalue weighted by Crippen LogP contribution is -2.56. The summed E-state index contributed by atoms with van der Waals surface area (Å²) in [4.78, 5) is 25.1. The molecule has 29 heavy (non-hydrogen) atoms. The Hall–Kier alpha value is -1.90. The Labute approximate surface area is 174 Å². The molecule has 1 N–H and O–H groups in total. The van der Waals surface area contributed by atoms with Crippen molar-refractivity contribution in [3.05, 3.63) is 41.0 Å². The summed E-state index contributed by atoms with van der Waals surface area (Å²) in [5.41, 5.74) is 3.32. The predicted octanol–water partition coefficient (Wildman–Crippen LogP) is 5.28. The molecule has 4 saturated carbocycles. The van der Waals surface area contributed by atoms with Crippen LogP contribution in [-0.4, -0.2) is 17.6 Å². The number of carbonyl (C=O) groups is 2. The first-order valence-corrected chi connectivity index (χ1v) is 11.3. The van der Waals surface area contributed by atoms with Crippen LogP contribution in [0.1, 0.15) is 87.7 Å². The molecule has 154 valence electrons. The number of hydrogen-bond donors (Lipinski definition) is 1. The van der Waals surface area contributed by atoms with Crippen molar-refractivity contribution >= 4 is 17.8 Å². The van der Waals surface area contributed by atoms with Crippen molar-refractivity contribution < 1.29 is 9.59 Å². The van der Waals surface area contributed by atoms with Gasteiger partial charge < -0.3 is 5.32 Å². The summed E-state index contributed by atoms with van der Waals surface area (Å²) in [7, 11) is 0. The number of hydrogen-bond acceptors (Lipinski definition) is 3. The standard InChI is InChI=1S/C26H33NO2/c1-24(2)21-6-5-16(15-28)10-20(21)22(27-25(24,3)4)11-23(29)26-12-17-7-18(13-26)9-19(8-17)14-26/h5-6,10-11,15,17-19,27H,7-9,12-14H2,1-4H3/b22-11+. The van der Waals surface area contributed by atoms with E-state index in [9.17, 15) is 9.59 Å². The van der Waals surface area contributed by atoms with Gasteiger partial charge in [0, 0.05) is 39.3 Å². The number of carbonyl (C=O) groups excluding carboxylic acids is 2. The molecule has 0 radical (unpaired) electrons. The number of ketones is 1. The van der Waals surface area contributed by atoms with Gasteiger partial charge in [-0.25, -0.2) is 0 Å². The average molecular weight is 392 g/mol. The highest BCUT2D eigenvalue weighted by atomic mass is 16.1. The van der Waals surface area contributed by atoms with Crippen LogP contribution in [0.3, 0.4) is 0 Å². The van der Waals surface area contributed by atoms with Crippen molar-refractivity contribution in [3.63, 3.8) is 0 Å². The van der Waals surface area contributed by atoms with Crippen LogP contribution in [0.25, 0.3) is 5.70 Å². The van der Waals surface area contributed by atoms with Crippen molar-refractivity contribution in [3.8, 4) is 0 Å². The molecule has 1 aliphatic heterocycles. The van der Waals surface area contributed by atoms with E-state index in [4.69, 9.17) is 0 Å². The minimum Gasteiger partial charge on any atom is -0.379 e. The number of rotatable bonds is 3. The summed E-state index contributed by atoms with van der Waals surface area (Å²) >= 11 is 0. The van der Waals surface area contributed by atoms with E-state index in [0.29, 0.717) is 11.3 Å². The van der Waals surface area contributed by atoms with Gasteiger partial charge in [0.1, 0.15) is 6.29 Å². The van der Waals surface area contributed by atoms with Gasteiger partial charge in [-0.15, -0.1) is 0 Å². The van der Waals surface area contributed by atoms with E-state index in [0.717, 1.165) is 54.6 Å². The monoisotopic (exact) mass is 391 g/mol. The van der Waals surface area contributed by atoms with Crippen LogP contribution in [0.15, 0.2) is 24.3 Å². The third kappa shape index (κ3) is 2.76. The number of fused-ring (bicyclic) bond motifs is 1. The van der Waals surface area contributed by atoms with Gasteiger partial charge in [-0.2, -0.15) is 0 Å². The normalized spacial score (nSPS) is 37.1. The molecule has 0 atom stereocenters. The number of nitrogens with one attached hydrogen (secondary N) is 1. The lowest BCUT2D eigenvalue weighted by molar-refractivity contribution is -0.138. The van der Waals surface area contributed by atoms with E-state index in [-0.39, 0.29) is 16.4 Å². The van der Waals surface area contributed by atoms with Crippen molar-refractivity contribution in [1.82, 2.24) is 5.32 Å². The highest BCUT2D eigenvalue weighted by Crippen LogP contribution is 2.60. The van der Waals surface area contributed by atoms with Crippen LogP contribution in [0.5, 0.6) is 0 Å². The van der Waals surface area contributed by atoms with Crippen LogP contribution in [-0.2, 0) is 10.2 Å². The van der Waals surface area contributed by atoms with Crippen molar-refractivity contribution in [2.24, 2.45) is 23.2 Å². The van der Waals surface area contributed by atoms with E-state index in [1.54, 1.807) is 0 Å². The van der Waals surface area contributed by atoms with Crippen molar-refractivity contribution in [1.29, 1.82) is 0 Å². The molecule has 0 amide bonds. The third-order valence-corrected chi connectivity index (χ3v) is 8.99. The summed E-state index contributed by atoms with van der Waals surface area (Å²) in [5.74, 6) is 2.59. The summed E-state index contributed by atoms with van der Waals surface area (Å²) < 4.78 is 0. The molecule has 6 rings (SSSR count). The van der Waals surface area contributed by atoms with Crippen molar-refractivity contribution in [2.45, 2.75) is 77.2 Å². The van der Waals surface area contributed by atoms with Crippen LogP contribution in [0.4, 0.5) is 0 Å². The zero-order valence-electron chi connectivity index (χ0n) is 18.2. The fourth-order valence-corrected chi connectivity index (χ4v) is 7.11. The molecule has 1 aromatic rings. The van der Waals surface area contributed by atoms with Crippen molar-refractivity contribution in [2.75, 3.05) is 0 Å². The van der Waals surface area contributed by atoms with Gasteiger partial charge in [0.15, 0.2) is 5.78 Å². The van der Waals surface area contributed by atoms with Gasteiger partial charge in [0.25, 0.3) is 0 Å². The zero-order valence-corrected chi connectivity index (χ0v) is 18.2. The molecule has 0 aromatic heterocycles. The van der Waals surface area contributed by atoms with E-state index < -0.39 is 0 Å². The molecule has 0 spiro atoms. The Bertz CT molecular complexity index is 885. The Kier molecular flexibility index (Phi) is 3.99. The van der Waals surface area contributed by atoms with Crippen LogP contribution >= 0.6 is 0 Å². The molecule has 1 heterocycles. The molecule has 4 bridgehead atoms. The lowest BCUT2D eigenvalue weighted by atomic mass is 9.48. The van der Waals surface area contributed by atoms with Gasteiger partial charge in [-0.3, -0.25) is 9.59 Å². The molecule has 1 aromatic carbocycles. The van der Waals surface area contributed by atoms with Crippen LogP contribution in [0, 0.1) is 23.2 Å². The molecular formula is C26H33NO2. The topological polar surface area (TPSA) is 46.2 Å². The second-order valence-corrected chi connectivity index (χ2v) is 11.4. The summed E-state index contributed by atoms with van der Waals surface area (Å²) in [6.07, 6.45) is 10.1. The van der Waals surface area contributed by atoms with Gasteiger partial charge in [0.05, 0.1) is 0 Å². The van der Waals surface area contributed by atoms with E-state index in [1.807, 2.05) is 18.2 Å². The summed E-state index contributed by atoms with van der Waals surface area (Å²) in [6, 6.07) is 5.92. The average Bonchev–Trinajstić information content (AvgIpc) is 2.64. The fourth-order valence-electron chi connectivity index (χ4n) is 7.11. The number of aldehydes is 1. The van der Waals surface area contributed by atoms with Gasteiger partial charge >= 0.3 is 0 Å². The number of allylic oxidation sites excluding steroid dienone is 1. The Morgan fingerprint density at radius 3 is 2.14 bits per heavy atom. The van der Waals surface area contributed by atoms with Gasteiger partial charge in [-0.05, 0) is 81.8 Å². The SMILES string of the molecule is CC1(C)N/C(=C/C(=O)C23CC4CC(CC(C4)C2)C3)c2cc(C=O)ccc2C1(C)C. The zero-order chi connectivity index (χ0) is 20.6. The highest BCUT2D eigenvalue weighted by Gasteiger charge is 2.54. The minimum atomic E-state index is -0.198. The minimum absolute atomic E-state index is 0.120. The molecule has 0 saturated heterocycles. The maximum atomic E-state index is 13.7. The molecule has 0 unspecified atom stereocenters. The predicted molar refractivity (Wildman–Crippen MR) is 116 cm³/mol. The quantitative estimate of drug-likeness (QED) is 0.563. The molecule has 5 aliphatic rings. The number of benzene rings is 1. The first kappa shape index (κ1) is 19.1. The maximum Gasteiger partial charge on any atom is 0.163 e. The Morgan fingerprint density at radius 1 is 1.00 bits per heavy atom. The Morgan fingerprint density at radius 2 is 1.59 bits per heavy atom. The van der Waals surface area contributed by atoms with Gasteiger partial charge in [0.2, 0.25) is 0 Å². The summed E-state index contributed by atoms with van der Waals surface area (Å²) in [5, 5.41) is 3.68. The molecule has 4 aliphatic carbocycles. The molecule has 4 fully saturated rings. The molecular weight excluding hydrogens is 358 g/mol. The largest absolute Gasteiger partial charge is 0.379 e. The second-order valence-electron chi connectivity index (χ2n) is 11.4. The fraction of sp³-hybridized carbons (Fsp3) is 0.615. The van der Waals surface area contributed by atoms with Gasteiger partial charge in [-0.1, -0.05) is 26.0 Å². The highest BCUT2D eigenvalue weighted by molar-refractivity contribution is 6.01. The first-order valence-electron chi connectivity index (χ1n) is 11.3. The molecule has 3 nitrogen and oxygen atoms in total. The molecule has 3 heteroatoms. The van der Waals surface area contributed by atoms with E-state index in [2.05, 4.69) is 39.1 Å². The smallest absolute Gasteiger partial charge is 0.163 e. The maximum absolute atomic E-state index is 13.7. The van der Waals surface area contributed by atoms with E-state index in [1.165, 1.54) is 24.8 Å². The van der Waals surface area contributed by atoms with Crippen LogP contribution in [0.2, 0.25) is 0 Å². The summed E-state index contributed by atoms with van der Waals surface area (Å²) in [6.45, 7) is 8.87.